The Morgan fingerprint density at radius 2 is 2.20 bits per heavy atom. The molecular formula is C18H24N4O3. The summed E-state index contributed by atoms with van der Waals surface area (Å²) in [6.45, 7) is 6.37. The highest BCUT2D eigenvalue weighted by molar-refractivity contribution is 5.87. The van der Waals surface area contributed by atoms with Crippen molar-refractivity contribution in [3.8, 4) is 0 Å². The zero-order valence-corrected chi connectivity index (χ0v) is 14.6. The van der Waals surface area contributed by atoms with Gasteiger partial charge in [-0.05, 0) is 36.9 Å². The number of nitrogens with two attached hydrogens (primary N) is 1. The quantitative estimate of drug-likeness (QED) is 0.854. The molecule has 0 radical (unpaired) electrons. The molecule has 0 spiro atoms. The molecule has 3 rings (SSSR count). The third kappa shape index (κ3) is 3.99. The Labute approximate surface area is 146 Å². The Bertz CT molecular complexity index is 830. The molecule has 1 unspecified atom stereocenters. The van der Waals surface area contributed by atoms with E-state index in [9.17, 15) is 9.59 Å². The van der Waals surface area contributed by atoms with Gasteiger partial charge >= 0.3 is 5.76 Å². The van der Waals surface area contributed by atoms with E-state index < -0.39 is 5.76 Å². The number of nitrogens with zero attached hydrogens (tertiary/aromatic N) is 2. The van der Waals surface area contributed by atoms with Crippen LogP contribution in [0.3, 0.4) is 0 Å². The van der Waals surface area contributed by atoms with E-state index in [1.807, 2.05) is 18.2 Å². The van der Waals surface area contributed by atoms with Crippen molar-refractivity contribution in [1.82, 2.24) is 9.88 Å². The van der Waals surface area contributed by atoms with E-state index in [4.69, 9.17) is 10.2 Å². The molecule has 2 heterocycles. The number of carbonyl (C=O) groups is 1. The van der Waals surface area contributed by atoms with Crippen LogP contribution in [0, 0.1) is 5.41 Å². The average molecular weight is 344 g/mol. The van der Waals surface area contributed by atoms with E-state index in [2.05, 4.69) is 29.0 Å². The lowest BCUT2D eigenvalue weighted by atomic mass is 9.78. The Morgan fingerprint density at radius 3 is 2.96 bits per heavy atom. The predicted octanol–water partition coefficient (Wildman–Crippen LogP) is 1.58. The molecule has 1 aromatic heterocycles. The van der Waals surface area contributed by atoms with Crippen LogP contribution >= 0.6 is 0 Å². The molecule has 1 aromatic carbocycles. The van der Waals surface area contributed by atoms with Gasteiger partial charge in [-0.2, -0.15) is 4.98 Å². The summed E-state index contributed by atoms with van der Waals surface area (Å²) in [4.78, 5) is 29.4. The van der Waals surface area contributed by atoms with E-state index in [-0.39, 0.29) is 17.4 Å². The fourth-order valence-electron chi connectivity index (χ4n) is 3.38. The zero-order valence-electron chi connectivity index (χ0n) is 14.6. The third-order valence-corrected chi connectivity index (χ3v) is 4.82. The van der Waals surface area contributed by atoms with Gasteiger partial charge < -0.3 is 15.5 Å². The fraction of sp³-hybridized carbons (Fsp3) is 0.500. The first-order valence-corrected chi connectivity index (χ1v) is 8.53. The number of nitrogens with one attached hydrogen (secondary N) is 1. The molecule has 0 bridgehead atoms. The Morgan fingerprint density at radius 1 is 1.44 bits per heavy atom. The fourth-order valence-corrected chi connectivity index (χ4v) is 3.38. The van der Waals surface area contributed by atoms with Gasteiger partial charge in [0, 0.05) is 13.1 Å². The number of hydrogen-bond acceptors (Lipinski definition) is 6. The number of piperidine rings is 1. The highest BCUT2D eigenvalue weighted by Gasteiger charge is 2.35. The molecule has 1 atom stereocenters. The maximum Gasteiger partial charge on any atom is 0.441 e. The number of carbonyl (C=O) groups excluding carboxylic acids is 1. The minimum Gasteiger partial charge on any atom is -0.408 e. The Kier molecular flexibility index (Phi) is 4.76. The lowest BCUT2D eigenvalue weighted by Crippen LogP contribution is -2.53. The van der Waals surface area contributed by atoms with E-state index in [1.54, 1.807) is 6.07 Å². The summed E-state index contributed by atoms with van der Waals surface area (Å²) < 4.78 is 5.09. The molecule has 7 nitrogen and oxygen atoms in total. The second-order valence-electron chi connectivity index (χ2n) is 7.32. The number of rotatable bonds is 5. The van der Waals surface area contributed by atoms with Crippen LogP contribution in [-0.4, -0.2) is 41.5 Å². The monoisotopic (exact) mass is 344 g/mol. The number of fused-ring (bicyclic) bond motifs is 1. The minimum absolute atomic E-state index is 0.125. The molecule has 1 aliphatic heterocycles. The summed E-state index contributed by atoms with van der Waals surface area (Å²) in [5, 5.41) is 3.95. The van der Waals surface area contributed by atoms with Gasteiger partial charge in [0.25, 0.3) is 0 Å². The van der Waals surface area contributed by atoms with E-state index in [0.717, 1.165) is 24.8 Å². The summed E-state index contributed by atoms with van der Waals surface area (Å²) in [5.41, 5.74) is 6.21. The van der Waals surface area contributed by atoms with Gasteiger partial charge in [0.1, 0.15) is 11.4 Å². The molecule has 1 amide bonds. The number of anilines is 1. The molecule has 1 fully saturated rings. The van der Waals surface area contributed by atoms with Crippen molar-refractivity contribution in [3.63, 3.8) is 0 Å². The molecule has 25 heavy (non-hydrogen) atoms. The molecule has 1 saturated heterocycles. The van der Waals surface area contributed by atoms with Gasteiger partial charge in [0.15, 0.2) is 0 Å². The summed E-state index contributed by atoms with van der Waals surface area (Å²) in [6, 6.07) is 7.01. The van der Waals surface area contributed by atoms with Crippen LogP contribution in [0.2, 0.25) is 0 Å². The molecular weight excluding hydrogens is 320 g/mol. The zero-order chi connectivity index (χ0) is 18.0. The summed E-state index contributed by atoms with van der Waals surface area (Å²) in [7, 11) is 0. The number of para-hydroxylation sites is 1. The highest BCUT2D eigenvalue weighted by atomic mass is 16.4. The first kappa shape index (κ1) is 17.4. The highest BCUT2D eigenvalue weighted by Crippen LogP contribution is 2.33. The number of amides is 1. The molecule has 0 aliphatic carbocycles. The third-order valence-electron chi connectivity index (χ3n) is 4.82. The van der Waals surface area contributed by atoms with Gasteiger partial charge in [0.2, 0.25) is 5.91 Å². The van der Waals surface area contributed by atoms with Crippen molar-refractivity contribution < 1.29 is 9.21 Å². The SMILES string of the molecule is CC1(C)CCN(CCNc2nc(=O)oc3ccccc23)C(C(N)=O)C1. The second-order valence-corrected chi connectivity index (χ2v) is 7.32. The van der Waals surface area contributed by atoms with Gasteiger partial charge in [-0.1, -0.05) is 26.0 Å². The van der Waals surface area contributed by atoms with Crippen LogP contribution in [0.5, 0.6) is 0 Å². The normalized spacial score (nSPS) is 20.5. The van der Waals surface area contributed by atoms with Gasteiger partial charge in [-0.15, -0.1) is 0 Å². The second kappa shape index (κ2) is 6.84. The van der Waals surface area contributed by atoms with Crippen LogP contribution in [0.1, 0.15) is 26.7 Å². The maximum absolute atomic E-state index is 11.8. The Balaban J connectivity index is 1.69. The maximum atomic E-state index is 11.8. The van der Waals surface area contributed by atoms with Gasteiger partial charge in [-0.3, -0.25) is 9.69 Å². The van der Waals surface area contributed by atoms with Crippen molar-refractivity contribution in [2.75, 3.05) is 25.0 Å². The topological polar surface area (TPSA) is 101 Å². The summed E-state index contributed by atoms with van der Waals surface area (Å²) >= 11 is 0. The molecule has 134 valence electrons. The number of hydrogen-bond donors (Lipinski definition) is 2. The van der Waals surface area contributed by atoms with Crippen molar-refractivity contribution >= 4 is 22.7 Å². The van der Waals surface area contributed by atoms with Gasteiger partial charge in [0.05, 0.1) is 11.4 Å². The first-order chi connectivity index (χ1) is 11.9. The van der Waals surface area contributed by atoms with Crippen LogP contribution in [-0.2, 0) is 4.79 Å². The average Bonchev–Trinajstić information content (AvgIpc) is 2.55. The minimum atomic E-state index is -0.629. The summed E-state index contributed by atoms with van der Waals surface area (Å²) in [5.74, 6) is -0.410. The molecule has 3 N–H and O–H groups in total. The van der Waals surface area contributed by atoms with Crippen LogP contribution in [0.25, 0.3) is 11.0 Å². The molecule has 7 heteroatoms. The molecule has 2 aromatic rings. The van der Waals surface area contributed by atoms with Crippen molar-refractivity contribution in [2.45, 2.75) is 32.7 Å². The number of aromatic nitrogens is 1. The van der Waals surface area contributed by atoms with E-state index in [0.29, 0.717) is 24.5 Å². The van der Waals surface area contributed by atoms with Crippen molar-refractivity contribution in [1.29, 1.82) is 0 Å². The van der Waals surface area contributed by atoms with Crippen LogP contribution in [0.4, 0.5) is 5.82 Å². The van der Waals surface area contributed by atoms with Crippen molar-refractivity contribution in [2.24, 2.45) is 11.1 Å². The van der Waals surface area contributed by atoms with Crippen molar-refractivity contribution in [3.05, 3.63) is 34.8 Å². The number of likely N-dealkylation sites (tertiary alicyclic amines) is 1. The standard InChI is InChI=1S/C18H24N4O3/c1-18(2)7-9-22(13(11-18)15(19)23)10-8-20-16-12-5-3-4-6-14(12)25-17(24)21-16/h3-6,13H,7-11H2,1-2H3,(H2,19,23)(H,20,21,24). The first-order valence-electron chi connectivity index (χ1n) is 8.53. The molecule has 1 aliphatic rings. The van der Waals surface area contributed by atoms with Crippen LogP contribution < -0.4 is 16.8 Å². The largest absolute Gasteiger partial charge is 0.441 e. The lowest BCUT2D eigenvalue weighted by molar-refractivity contribution is -0.126. The van der Waals surface area contributed by atoms with E-state index >= 15 is 0 Å². The summed E-state index contributed by atoms with van der Waals surface area (Å²) in [6.07, 6.45) is 1.78. The predicted molar refractivity (Wildman–Crippen MR) is 96.3 cm³/mol. The number of primary amides is 1. The van der Waals surface area contributed by atoms with Gasteiger partial charge in [-0.25, -0.2) is 4.79 Å². The number of benzene rings is 1. The van der Waals surface area contributed by atoms with Crippen LogP contribution in [0.15, 0.2) is 33.5 Å². The van der Waals surface area contributed by atoms with E-state index in [1.165, 1.54) is 0 Å². The molecule has 0 saturated carbocycles. The Hall–Kier alpha value is -2.41. The lowest BCUT2D eigenvalue weighted by Gasteiger charge is -2.42. The smallest absolute Gasteiger partial charge is 0.408 e.